The number of ether oxygens (including phenoxy) is 1. The van der Waals surface area contributed by atoms with Gasteiger partial charge in [-0.15, -0.1) is 0 Å². The van der Waals surface area contributed by atoms with Crippen LogP contribution in [0.2, 0.25) is 0 Å². The first-order valence-electron chi connectivity index (χ1n) is 5.89. The second-order valence-corrected chi connectivity index (χ2v) is 4.11. The van der Waals surface area contributed by atoms with Gasteiger partial charge < -0.3 is 15.2 Å². The van der Waals surface area contributed by atoms with Crippen LogP contribution in [0.3, 0.4) is 0 Å². The maximum atomic E-state index is 9.46. The minimum atomic E-state index is 0.0676. The summed E-state index contributed by atoms with van der Waals surface area (Å²) in [6.45, 7) is 0.569. The van der Waals surface area contributed by atoms with E-state index in [1.807, 2.05) is 30.3 Å². The van der Waals surface area contributed by atoms with Crippen LogP contribution in [-0.4, -0.2) is 18.8 Å². The zero-order valence-corrected chi connectivity index (χ0v) is 10.3. The van der Waals surface area contributed by atoms with Crippen molar-refractivity contribution in [1.29, 1.82) is 0 Å². The van der Waals surface area contributed by atoms with Crippen molar-refractivity contribution in [2.75, 3.05) is 19.0 Å². The second-order valence-electron chi connectivity index (χ2n) is 4.11. The van der Waals surface area contributed by atoms with Gasteiger partial charge in [-0.2, -0.15) is 0 Å². The Morgan fingerprint density at radius 2 is 1.89 bits per heavy atom. The van der Waals surface area contributed by atoms with Gasteiger partial charge in [0.25, 0.3) is 0 Å². The lowest BCUT2D eigenvalue weighted by Crippen LogP contribution is -2.16. The Labute approximate surface area is 107 Å². The van der Waals surface area contributed by atoms with Crippen molar-refractivity contribution in [3.8, 4) is 5.75 Å². The van der Waals surface area contributed by atoms with Gasteiger partial charge in [-0.3, -0.25) is 0 Å². The lowest BCUT2D eigenvalue weighted by atomic mass is 10.1. The molecule has 0 bridgehead atoms. The van der Waals surface area contributed by atoms with E-state index in [0.29, 0.717) is 6.61 Å². The average Bonchev–Trinajstić information content (AvgIpc) is 2.39. The van der Waals surface area contributed by atoms with Gasteiger partial charge in [0, 0.05) is 18.9 Å². The smallest absolute Gasteiger partial charge is 0.117 e. The number of rotatable bonds is 5. The molecule has 0 aromatic heterocycles. The van der Waals surface area contributed by atoms with Crippen LogP contribution in [0.4, 0.5) is 5.69 Å². The largest absolute Gasteiger partial charge is 0.508 e. The van der Waals surface area contributed by atoms with Crippen molar-refractivity contribution in [2.45, 2.75) is 6.04 Å². The number of hydrogen-bond donors (Lipinski definition) is 2. The van der Waals surface area contributed by atoms with Crippen LogP contribution in [0.25, 0.3) is 0 Å². The zero-order valence-electron chi connectivity index (χ0n) is 10.3. The van der Waals surface area contributed by atoms with Gasteiger partial charge in [0.15, 0.2) is 0 Å². The molecular formula is C15H17NO2. The molecule has 0 aliphatic carbocycles. The summed E-state index contributed by atoms with van der Waals surface area (Å²) in [5, 5.41) is 12.8. The SMILES string of the molecule is COCC(Nc1cccc(O)c1)c1ccccc1. The van der Waals surface area contributed by atoms with Gasteiger partial charge in [-0.05, 0) is 17.7 Å². The predicted molar refractivity (Wildman–Crippen MR) is 72.8 cm³/mol. The average molecular weight is 243 g/mol. The summed E-state index contributed by atoms with van der Waals surface area (Å²) in [4.78, 5) is 0. The highest BCUT2D eigenvalue weighted by atomic mass is 16.5. The van der Waals surface area contributed by atoms with Crippen LogP contribution in [0.15, 0.2) is 54.6 Å². The molecule has 0 radical (unpaired) electrons. The molecule has 0 aliphatic rings. The molecule has 94 valence electrons. The molecule has 18 heavy (non-hydrogen) atoms. The Hall–Kier alpha value is -2.00. The van der Waals surface area contributed by atoms with Crippen molar-refractivity contribution in [2.24, 2.45) is 0 Å². The minimum Gasteiger partial charge on any atom is -0.508 e. The normalized spacial score (nSPS) is 12.1. The van der Waals surface area contributed by atoms with Crippen molar-refractivity contribution in [3.63, 3.8) is 0 Å². The monoisotopic (exact) mass is 243 g/mol. The molecule has 0 spiro atoms. The molecule has 0 heterocycles. The van der Waals surface area contributed by atoms with Crippen LogP contribution in [0.1, 0.15) is 11.6 Å². The third kappa shape index (κ3) is 3.25. The lowest BCUT2D eigenvalue weighted by molar-refractivity contribution is 0.186. The van der Waals surface area contributed by atoms with E-state index in [0.717, 1.165) is 11.3 Å². The van der Waals surface area contributed by atoms with Crippen LogP contribution in [-0.2, 0) is 4.74 Å². The van der Waals surface area contributed by atoms with Crippen molar-refractivity contribution >= 4 is 5.69 Å². The molecule has 1 atom stereocenters. The molecule has 3 nitrogen and oxygen atoms in total. The maximum Gasteiger partial charge on any atom is 0.117 e. The van der Waals surface area contributed by atoms with E-state index in [9.17, 15) is 5.11 Å². The lowest BCUT2D eigenvalue weighted by Gasteiger charge is -2.19. The minimum absolute atomic E-state index is 0.0676. The summed E-state index contributed by atoms with van der Waals surface area (Å²) in [5.41, 5.74) is 2.03. The summed E-state index contributed by atoms with van der Waals surface area (Å²) in [6, 6.07) is 17.3. The van der Waals surface area contributed by atoms with E-state index >= 15 is 0 Å². The van der Waals surface area contributed by atoms with Gasteiger partial charge in [-0.1, -0.05) is 36.4 Å². The summed E-state index contributed by atoms with van der Waals surface area (Å²) in [5.74, 6) is 0.254. The van der Waals surface area contributed by atoms with Crippen LogP contribution < -0.4 is 5.32 Å². The molecule has 0 aliphatic heterocycles. The molecule has 2 aromatic carbocycles. The molecule has 0 saturated heterocycles. The Bertz CT molecular complexity index is 485. The van der Waals surface area contributed by atoms with Gasteiger partial charge in [0.1, 0.15) is 5.75 Å². The molecule has 2 rings (SSSR count). The fraction of sp³-hybridized carbons (Fsp3) is 0.200. The van der Waals surface area contributed by atoms with Crippen molar-refractivity contribution in [1.82, 2.24) is 0 Å². The highest BCUT2D eigenvalue weighted by molar-refractivity contribution is 5.49. The maximum absolute atomic E-state index is 9.46. The van der Waals surface area contributed by atoms with E-state index < -0.39 is 0 Å². The topological polar surface area (TPSA) is 41.5 Å². The highest BCUT2D eigenvalue weighted by Gasteiger charge is 2.10. The number of benzene rings is 2. The van der Waals surface area contributed by atoms with E-state index in [2.05, 4.69) is 17.4 Å². The molecular weight excluding hydrogens is 226 g/mol. The quantitative estimate of drug-likeness (QED) is 0.847. The number of hydrogen-bond acceptors (Lipinski definition) is 3. The van der Waals surface area contributed by atoms with Crippen molar-refractivity contribution < 1.29 is 9.84 Å². The number of nitrogens with one attached hydrogen (secondary N) is 1. The number of phenolic OH excluding ortho intramolecular Hbond substituents is 1. The molecule has 3 heteroatoms. The third-order valence-corrected chi connectivity index (χ3v) is 2.72. The summed E-state index contributed by atoms with van der Waals surface area (Å²) in [7, 11) is 1.68. The highest BCUT2D eigenvalue weighted by Crippen LogP contribution is 2.22. The number of methoxy groups -OCH3 is 1. The second kappa shape index (κ2) is 6.07. The summed E-state index contributed by atoms with van der Waals surface area (Å²) < 4.78 is 5.24. The molecule has 1 unspecified atom stereocenters. The van der Waals surface area contributed by atoms with Crippen LogP contribution in [0, 0.1) is 0 Å². The number of anilines is 1. The summed E-state index contributed by atoms with van der Waals surface area (Å²) >= 11 is 0. The first kappa shape index (κ1) is 12.5. The Kier molecular flexibility index (Phi) is 4.20. The van der Waals surface area contributed by atoms with E-state index in [-0.39, 0.29) is 11.8 Å². The fourth-order valence-corrected chi connectivity index (χ4v) is 1.87. The fourth-order valence-electron chi connectivity index (χ4n) is 1.87. The standard InChI is InChI=1S/C15H17NO2/c1-18-11-15(12-6-3-2-4-7-12)16-13-8-5-9-14(17)10-13/h2-10,15-17H,11H2,1H3. The number of phenols is 1. The Morgan fingerprint density at radius 1 is 1.11 bits per heavy atom. The summed E-state index contributed by atoms with van der Waals surface area (Å²) in [6.07, 6.45) is 0. The van der Waals surface area contributed by atoms with E-state index in [4.69, 9.17) is 4.74 Å². The third-order valence-electron chi connectivity index (χ3n) is 2.72. The zero-order chi connectivity index (χ0) is 12.8. The first-order valence-corrected chi connectivity index (χ1v) is 5.89. The Balaban J connectivity index is 2.16. The Morgan fingerprint density at radius 3 is 2.56 bits per heavy atom. The van der Waals surface area contributed by atoms with E-state index in [1.165, 1.54) is 0 Å². The van der Waals surface area contributed by atoms with Crippen molar-refractivity contribution in [3.05, 3.63) is 60.2 Å². The van der Waals surface area contributed by atoms with Gasteiger partial charge in [0.2, 0.25) is 0 Å². The van der Waals surface area contributed by atoms with E-state index in [1.54, 1.807) is 19.2 Å². The molecule has 2 N–H and O–H groups in total. The molecule has 0 amide bonds. The van der Waals surface area contributed by atoms with Crippen LogP contribution in [0.5, 0.6) is 5.75 Å². The van der Waals surface area contributed by atoms with Gasteiger partial charge >= 0.3 is 0 Å². The van der Waals surface area contributed by atoms with Gasteiger partial charge in [0.05, 0.1) is 12.6 Å². The molecule has 0 fully saturated rings. The van der Waals surface area contributed by atoms with Crippen LogP contribution >= 0.6 is 0 Å². The predicted octanol–water partition coefficient (Wildman–Crippen LogP) is 3.19. The number of aromatic hydroxyl groups is 1. The molecule has 0 saturated carbocycles. The van der Waals surface area contributed by atoms with Gasteiger partial charge in [-0.25, -0.2) is 0 Å². The first-order chi connectivity index (χ1) is 8.79. The molecule has 2 aromatic rings.